The van der Waals surface area contributed by atoms with Crippen LogP contribution in [0.2, 0.25) is 0 Å². The highest BCUT2D eigenvalue weighted by Crippen LogP contribution is 2.12. The minimum absolute atomic E-state index is 0.0459. The zero-order valence-electron chi connectivity index (χ0n) is 15.1. The SMILES string of the molecule is Cc1ccc(OCCC(=O)N(C)Cc2cnn(-c3ccccc3)c2)cc1. The fourth-order valence-corrected chi connectivity index (χ4v) is 2.61. The lowest BCUT2D eigenvalue weighted by Crippen LogP contribution is -2.27. The van der Waals surface area contributed by atoms with Crippen LogP contribution >= 0.6 is 0 Å². The van der Waals surface area contributed by atoms with Crippen LogP contribution < -0.4 is 4.74 Å². The van der Waals surface area contributed by atoms with Crippen molar-refractivity contribution in [3.05, 3.63) is 78.1 Å². The van der Waals surface area contributed by atoms with E-state index >= 15 is 0 Å². The van der Waals surface area contributed by atoms with Crippen LogP contribution in [0.4, 0.5) is 0 Å². The third-order valence-electron chi connectivity index (χ3n) is 4.11. The lowest BCUT2D eigenvalue weighted by atomic mass is 10.2. The Morgan fingerprint density at radius 2 is 1.85 bits per heavy atom. The number of nitrogens with zero attached hydrogens (tertiary/aromatic N) is 3. The molecule has 3 rings (SSSR count). The monoisotopic (exact) mass is 349 g/mol. The Labute approximate surface area is 153 Å². The molecule has 0 atom stereocenters. The van der Waals surface area contributed by atoms with E-state index in [4.69, 9.17) is 4.74 Å². The second-order valence-corrected chi connectivity index (χ2v) is 6.29. The summed E-state index contributed by atoms with van der Waals surface area (Å²) in [5, 5.41) is 4.36. The van der Waals surface area contributed by atoms with Gasteiger partial charge in [-0.25, -0.2) is 4.68 Å². The Morgan fingerprint density at radius 3 is 2.58 bits per heavy atom. The molecule has 1 amide bonds. The molecule has 26 heavy (non-hydrogen) atoms. The third-order valence-corrected chi connectivity index (χ3v) is 4.11. The first-order valence-electron chi connectivity index (χ1n) is 8.64. The molecule has 2 aromatic carbocycles. The van der Waals surface area contributed by atoms with Gasteiger partial charge in [0.25, 0.3) is 0 Å². The Bertz CT molecular complexity index is 841. The highest BCUT2D eigenvalue weighted by molar-refractivity contribution is 5.76. The van der Waals surface area contributed by atoms with E-state index in [-0.39, 0.29) is 5.91 Å². The van der Waals surface area contributed by atoms with E-state index in [0.29, 0.717) is 19.6 Å². The molecule has 0 saturated carbocycles. The number of carbonyl (C=O) groups excluding carboxylic acids is 1. The Balaban J connectivity index is 1.48. The molecule has 0 radical (unpaired) electrons. The molecule has 1 aromatic heterocycles. The van der Waals surface area contributed by atoms with E-state index in [9.17, 15) is 4.79 Å². The molecule has 5 heteroatoms. The maximum absolute atomic E-state index is 12.3. The number of benzene rings is 2. The van der Waals surface area contributed by atoms with Gasteiger partial charge in [-0.15, -0.1) is 0 Å². The van der Waals surface area contributed by atoms with Crippen molar-refractivity contribution in [3.8, 4) is 11.4 Å². The van der Waals surface area contributed by atoms with Crippen molar-refractivity contribution < 1.29 is 9.53 Å². The van der Waals surface area contributed by atoms with Crippen LogP contribution in [0.25, 0.3) is 5.69 Å². The molecule has 3 aromatic rings. The topological polar surface area (TPSA) is 47.4 Å². The van der Waals surface area contributed by atoms with Crippen LogP contribution in [-0.2, 0) is 11.3 Å². The average molecular weight is 349 g/mol. The molecular weight excluding hydrogens is 326 g/mol. The number of hydrogen-bond donors (Lipinski definition) is 0. The minimum atomic E-state index is 0.0459. The summed E-state index contributed by atoms with van der Waals surface area (Å²) < 4.78 is 7.44. The third kappa shape index (κ3) is 4.72. The molecule has 0 unspecified atom stereocenters. The summed E-state index contributed by atoms with van der Waals surface area (Å²) in [5.41, 5.74) is 3.17. The number of aromatic nitrogens is 2. The first-order chi connectivity index (χ1) is 12.6. The molecule has 0 aliphatic carbocycles. The molecule has 134 valence electrons. The number of aryl methyl sites for hydroxylation is 1. The Hall–Kier alpha value is -3.08. The minimum Gasteiger partial charge on any atom is -0.493 e. The molecule has 1 heterocycles. The van der Waals surface area contributed by atoms with Gasteiger partial charge in [0.1, 0.15) is 5.75 Å². The zero-order valence-corrected chi connectivity index (χ0v) is 15.1. The first kappa shape index (κ1) is 17.7. The summed E-state index contributed by atoms with van der Waals surface area (Å²) in [6, 6.07) is 17.7. The summed E-state index contributed by atoms with van der Waals surface area (Å²) in [5.74, 6) is 0.833. The molecule has 0 saturated heterocycles. The highest BCUT2D eigenvalue weighted by Gasteiger charge is 2.11. The van der Waals surface area contributed by atoms with E-state index < -0.39 is 0 Å². The van der Waals surface area contributed by atoms with Crippen molar-refractivity contribution in [1.29, 1.82) is 0 Å². The normalized spacial score (nSPS) is 10.5. The van der Waals surface area contributed by atoms with Crippen LogP contribution in [0.5, 0.6) is 5.75 Å². The van der Waals surface area contributed by atoms with Gasteiger partial charge in [0.2, 0.25) is 5.91 Å². The molecule has 5 nitrogen and oxygen atoms in total. The smallest absolute Gasteiger partial charge is 0.226 e. The number of para-hydroxylation sites is 1. The second-order valence-electron chi connectivity index (χ2n) is 6.29. The van der Waals surface area contributed by atoms with E-state index in [1.54, 1.807) is 18.1 Å². The predicted octanol–water partition coefficient (Wildman–Crippen LogP) is 3.61. The van der Waals surface area contributed by atoms with Crippen molar-refractivity contribution in [2.45, 2.75) is 19.9 Å². The lowest BCUT2D eigenvalue weighted by molar-refractivity contribution is -0.130. The number of ether oxygens (including phenoxy) is 1. The lowest BCUT2D eigenvalue weighted by Gasteiger charge is -2.16. The maximum Gasteiger partial charge on any atom is 0.226 e. The van der Waals surface area contributed by atoms with Crippen LogP contribution in [0, 0.1) is 6.92 Å². The first-order valence-corrected chi connectivity index (χ1v) is 8.64. The summed E-state index contributed by atoms with van der Waals surface area (Å²) in [4.78, 5) is 14.0. The zero-order chi connectivity index (χ0) is 18.4. The Morgan fingerprint density at radius 1 is 1.12 bits per heavy atom. The van der Waals surface area contributed by atoms with Gasteiger partial charge in [-0.3, -0.25) is 4.79 Å². The summed E-state index contributed by atoms with van der Waals surface area (Å²) >= 11 is 0. The molecular formula is C21H23N3O2. The maximum atomic E-state index is 12.3. The van der Waals surface area contributed by atoms with E-state index in [2.05, 4.69) is 5.10 Å². The number of carbonyl (C=O) groups is 1. The van der Waals surface area contributed by atoms with Crippen molar-refractivity contribution in [1.82, 2.24) is 14.7 Å². The van der Waals surface area contributed by atoms with E-state index in [1.165, 1.54) is 5.56 Å². The summed E-state index contributed by atoms with van der Waals surface area (Å²) in [7, 11) is 1.80. The highest BCUT2D eigenvalue weighted by atomic mass is 16.5. The molecule has 0 spiro atoms. The largest absolute Gasteiger partial charge is 0.493 e. The molecule has 0 aliphatic heterocycles. The van der Waals surface area contributed by atoms with Gasteiger partial charge >= 0.3 is 0 Å². The molecule has 0 N–H and O–H groups in total. The van der Waals surface area contributed by atoms with Crippen molar-refractivity contribution in [2.75, 3.05) is 13.7 Å². The standard InChI is InChI=1S/C21H23N3O2/c1-17-8-10-20(11-9-17)26-13-12-21(25)23(2)15-18-14-22-24(16-18)19-6-4-3-5-7-19/h3-11,14,16H,12-13,15H2,1-2H3. The van der Waals surface area contributed by atoms with E-state index in [0.717, 1.165) is 17.0 Å². The fourth-order valence-electron chi connectivity index (χ4n) is 2.61. The number of amides is 1. The van der Waals surface area contributed by atoms with Gasteiger partial charge in [0.15, 0.2) is 0 Å². The quantitative estimate of drug-likeness (QED) is 0.655. The Kier molecular flexibility index (Phi) is 5.69. The van der Waals surface area contributed by atoms with Gasteiger partial charge < -0.3 is 9.64 Å². The molecule has 0 bridgehead atoms. The van der Waals surface area contributed by atoms with Gasteiger partial charge in [0, 0.05) is 25.4 Å². The summed E-state index contributed by atoms with van der Waals surface area (Å²) in [6.07, 6.45) is 4.08. The van der Waals surface area contributed by atoms with Crippen LogP contribution in [0.15, 0.2) is 67.0 Å². The average Bonchev–Trinajstić information content (AvgIpc) is 3.12. The van der Waals surface area contributed by atoms with Crippen molar-refractivity contribution in [2.24, 2.45) is 0 Å². The number of hydrogen-bond acceptors (Lipinski definition) is 3. The van der Waals surface area contributed by atoms with Gasteiger partial charge in [0.05, 0.1) is 24.9 Å². The van der Waals surface area contributed by atoms with Crippen LogP contribution in [-0.4, -0.2) is 34.2 Å². The fraction of sp³-hybridized carbons (Fsp3) is 0.238. The molecule has 0 fully saturated rings. The molecule has 0 aliphatic rings. The van der Waals surface area contributed by atoms with Crippen molar-refractivity contribution in [3.63, 3.8) is 0 Å². The van der Waals surface area contributed by atoms with Gasteiger partial charge in [-0.05, 0) is 31.2 Å². The van der Waals surface area contributed by atoms with E-state index in [1.807, 2.05) is 72.4 Å². The number of rotatable bonds is 7. The van der Waals surface area contributed by atoms with Gasteiger partial charge in [-0.1, -0.05) is 35.9 Å². The predicted molar refractivity (Wildman–Crippen MR) is 101 cm³/mol. The summed E-state index contributed by atoms with van der Waals surface area (Å²) in [6.45, 7) is 2.92. The van der Waals surface area contributed by atoms with Crippen molar-refractivity contribution >= 4 is 5.91 Å². The van der Waals surface area contributed by atoms with Crippen LogP contribution in [0.3, 0.4) is 0 Å². The second kappa shape index (κ2) is 8.34. The van der Waals surface area contributed by atoms with Gasteiger partial charge in [-0.2, -0.15) is 5.10 Å². The van der Waals surface area contributed by atoms with Crippen LogP contribution in [0.1, 0.15) is 17.5 Å².